The zero-order valence-electron chi connectivity index (χ0n) is 13.7. The molecule has 2 aliphatic rings. The van der Waals surface area contributed by atoms with Crippen molar-refractivity contribution >= 4 is 29.1 Å². The molecule has 5 heteroatoms. The van der Waals surface area contributed by atoms with E-state index in [1.54, 1.807) is 6.07 Å². The van der Waals surface area contributed by atoms with E-state index in [1.165, 1.54) is 0 Å². The molecule has 0 aromatic heterocycles. The van der Waals surface area contributed by atoms with E-state index in [9.17, 15) is 4.79 Å². The van der Waals surface area contributed by atoms with Gasteiger partial charge in [0, 0.05) is 18.5 Å². The molecule has 3 nitrogen and oxygen atoms in total. The van der Waals surface area contributed by atoms with Crippen molar-refractivity contribution in [2.75, 3.05) is 13.1 Å². The van der Waals surface area contributed by atoms with Crippen LogP contribution >= 0.6 is 23.2 Å². The standard InChI is InChI=1S/C18H24Cl2N2O/c1-12(2)22(11-13-3-4-15(19)16(20)9-13)17(23)14-10-18(14)5-7-21-8-6-18/h3-4,9,12,14,21H,5-8,10-11H2,1-2H3. The number of amides is 1. The topological polar surface area (TPSA) is 32.3 Å². The van der Waals surface area contributed by atoms with Gasteiger partial charge in [0.25, 0.3) is 0 Å². The van der Waals surface area contributed by atoms with Crippen LogP contribution in [-0.4, -0.2) is 29.9 Å². The van der Waals surface area contributed by atoms with E-state index in [0.717, 1.165) is 37.9 Å². The molecule has 0 radical (unpaired) electrons. The van der Waals surface area contributed by atoms with Gasteiger partial charge in [-0.25, -0.2) is 0 Å². The van der Waals surface area contributed by atoms with Crippen LogP contribution in [0.4, 0.5) is 0 Å². The summed E-state index contributed by atoms with van der Waals surface area (Å²) in [6.07, 6.45) is 3.31. The molecule has 23 heavy (non-hydrogen) atoms. The van der Waals surface area contributed by atoms with Crippen LogP contribution in [0.1, 0.15) is 38.7 Å². The first-order valence-corrected chi connectivity index (χ1v) is 9.14. The van der Waals surface area contributed by atoms with Crippen molar-refractivity contribution in [1.29, 1.82) is 0 Å². The molecule has 1 amide bonds. The minimum Gasteiger partial charge on any atom is -0.336 e. The van der Waals surface area contributed by atoms with Crippen molar-refractivity contribution in [1.82, 2.24) is 10.2 Å². The molecule has 2 fully saturated rings. The highest BCUT2D eigenvalue weighted by atomic mass is 35.5. The van der Waals surface area contributed by atoms with Crippen molar-refractivity contribution in [3.8, 4) is 0 Å². The van der Waals surface area contributed by atoms with Gasteiger partial charge in [0.15, 0.2) is 0 Å². The summed E-state index contributed by atoms with van der Waals surface area (Å²) in [4.78, 5) is 15.0. The van der Waals surface area contributed by atoms with E-state index in [1.807, 2.05) is 17.0 Å². The van der Waals surface area contributed by atoms with Crippen LogP contribution < -0.4 is 5.32 Å². The van der Waals surface area contributed by atoms with Crippen LogP contribution in [0.2, 0.25) is 10.0 Å². The predicted octanol–water partition coefficient (Wildman–Crippen LogP) is 4.12. The Morgan fingerprint density at radius 2 is 2.00 bits per heavy atom. The molecular weight excluding hydrogens is 331 g/mol. The fraction of sp³-hybridized carbons (Fsp3) is 0.611. The third kappa shape index (κ3) is 3.52. The lowest BCUT2D eigenvalue weighted by molar-refractivity contribution is -0.136. The number of halogens is 2. The Hall–Kier alpha value is -0.770. The lowest BCUT2D eigenvalue weighted by Crippen LogP contribution is -2.40. The smallest absolute Gasteiger partial charge is 0.226 e. The number of carbonyl (C=O) groups excluding carboxylic acids is 1. The molecule has 1 saturated heterocycles. The van der Waals surface area contributed by atoms with Crippen molar-refractivity contribution in [2.45, 2.75) is 45.7 Å². The SMILES string of the molecule is CC(C)N(Cc1ccc(Cl)c(Cl)c1)C(=O)C1CC12CCNCC2. The van der Waals surface area contributed by atoms with Crippen LogP contribution in [0.3, 0.4) is 0 Å². The predicted molar refractivity (Wildman–Crippen MR) is 94.8 cm³/mol. The second-order valence-electron chi connectivity index (χ2n) is 7.18. The maximum atomic E-state index is 13.0. The zero-order chi connectivity index (χ0) is 16.6. The molecule has 1 aromatic carbocycles. The van der Waals surface area contributed by atoms with Crippen LogP contribution in [-0.2, 0) is 11.3 Å². The quantitative estimate of drug-likeness (QED) is 0.881. The van der Waals surface area contributed by atoms with Crippen molar-refractivity contribution in [3.05, 3.63) is 33.8 Å². The molecule has 1 heterocycles. The van der Waals surface area contributed by atoms with Crippen molar-refractivity contribution < 1.29 is 4.79 Å². The lowest BCUT2D eigenvalue weighted by Gasteiger charge is -2.30. The Morgan fingerprint density at radius 3 is 2.61 bits per heavy atom. The third-order valence-electron chi connectivity index (χ3n) is 5.33. The largest absolute Gasteiger partial charge is 0.336 e. The van der Waals surface area contributed by atoms with E-state index in [-0.39, 0.29) is 17.4 Å². The molecule has 126 valence electrons. The van der Waals surface area contributed by atoms with Gasteiger partial charge in [-0.05, 0) is 69.3 Å². The highest BCUT2D eigenvalue weighted by molar-refractivity contribution is 6.42. The highest BCUT2D eigenvalue weighted by Crippen LogP contribution is 2.59. The lowest BCUT2D eigenvalue weighted by atomic mass is 9.91. The molecule has 1 unspecified atom stereocenters. The summed E-state index contributed by atoms with van der Waals surface area (Å²) < 4.78 is 0. The average Bonchev–Trinajstić information content (AvgIpc) is 3.21. The second kappa shape index (κ2) is 6.62. The van der Waals surface area contributed by atoms with Crippen LogP contribution in [0.25, 0.3) is 0 Å². The van der Waals surface area contributed by atoms with Crippen molar-refractivity contribution in [3.63, 3.8) is 0 Å². The third-order valence-corrected chi connectivity index (χ3v) is 6.07. The molecule has 1 aliphatic heterocycles. The minimum atomic E-state index is 0.177. The molecule has 1 N–H and O–H groups in total. The number of nitrogens with zero attached hydrogens (tertiary/aromatic N) is 1. The zero-order valence-corrected chi connectivity index (χ0v) is 15.3. The Balaban J connectivity index is 1.71. The molecule has 1 atom stereocenters. The van der Waals surface area contributed by atoms with Crippen LogP contribution in [0.5, 0.6) is 0 Å². The molecule has 3 rings (SSSR count). The van der Waals surface area contributed by atoms with E-state index in [2.05, 4.69) is 19.2 Å². The van der Waals surface area contributed by atoms with Gasteiger partial charge in [-0.2, -0.15) is 0 Å². The normalized spacial score (nSPS) is 22.4. The van der Waals surface area contributed by atoms with Gasteiger partial charge in [-0.15, -0.1) is 0 Å². The first-order valence-electron chi connectivity index (χ1n) is 8.38. The summed E-state index contributed by atoms with van der Waals surface area (Å²) >= 11 is 12.1. The van der Waals surface area contributed by atoms with Gasteiger partial charge in [-0.1, -0.05) is 29.3 Å². The first kappa shape index (κ1) is 17.1. The van der Waals surface area contributed by atoms with E-state index >= 15 is 0 Å². The second-order valence-corrected chi connectivity index (χ2v) is 7.99. The first-order chi connectivity index (χ1) is 10.9. The summed E-state index contributed by atoms with van der Waals surface area (Å²) in [5.74, 6) is 0.503. The number of carbonyl (C=O) groups is 1. The van der Waals surface area contributed by atoms with E-state index < -0.39 is 0 Å². The van der Waals surface area contributed by atoms with Gasteiger partial charge >= 0.3 is 0 Å². The number of nitrogens with one attached hydrogen (secondary N) is 1. The molecule has 1 aliphatic carbocycles. The summed E-state index contributed by atoms with van der Waals surface area (Å²) in [5.41, 5.74) is 1.30. The number of hydrogen-bond acceptors (Lipinski definition) is 2. The van der Waals surface area contributed by atoms with Crippen molar-refractivity contribution in [2.24, 2.45) is 11.3 Å². The maximum absolute atomic E-state index is 13.0. The summed E-state index contributed by atoms with van der Waals surface area (Å²) in [7, 11) is 0. The van der Waals surface area contributed by atoms with Gasteiger partial charge < -0.3 is 10.2 Å². The number of piperidine rings is 1. The molecule has 0 bridgehead atoms. The average molecular weight is 355 g/mol. The van der Waals surface area contributed by atoms with Gasteiger partial charge in [-0.3, -0.25) is 4.79 Å². The Bertz CT molecular complexity index is 597. The summed E-state index contributed by atoms with van der Waals surface area (Å²) in [5, 5.41) is 4.48. The van der Waals surface area contributed by atoms with Gasteiger partial charge in [0.2, 0.25) is 5.91 Å². The molecular formula is C18H24Cl2N2O. The number of rotatable bonds is 4. The van der Waals surface area contributed by atoms with Gasteiger partial charge in [0.1, 0.15) is 0 Å². The monoisotopic (exact) mass is 354 g/mol. The number of benzene rings is 1. The minimum absolute atomic E-state index is 0.177. The Kier molecular flexibility index (Phi) is 4.91. The Morgan fingerprint density at radius 1 is 1.30 bits per heavy atom. The summed E-state index contributed by atoms with van der Waals surface area (Å²) in [6, 6.07) is 5.79. The molecule has 1 spiro atoms. The van der Waals surface area contributed by atoms with Gasteiger partial charge in [0.05, 0.1) is 10.0 Å². The Labute approximate surface area is 148 Å². The van der Waals surface area contributed by atoms with E-state index in [4.69, 9.17) is 23.2 Å². The fourth-order valence-corrected chi connectivity index (χ4v) is 4.04. The highest BCUT2D eigenvalue weighted by Gasteiger charge is 2.58. The van der Waals surface area contributed by atoms with E-state index in [0.29, 0.717) is 22.5 Å². The molecule has 1 saturated carbocycles. The van der Waals surface area contributed by atoms with Crippen LogP contribution in [0, 0.1) is 11.3 Å². The maximum Gasteiger partial charge on any atom is 0.226 e. The fourth-order valence-electron chi connectivity index (χ4n) is 3.72. The summed E-state index contributed by atoms with van der Waals surface area (Å²) in [6.45, 7) is 6.83. The number of hydrogen-bond donors (Lipinski definition) is 1. The van der Waals surface area contributed by atoms with Crippen LogP contribution in [0.15, 0.2) is 18.2 Å². The molecule has 1 aromatic rings.